The minimum absolute atomic E-state index is 0.0326. The maximum Gasteiger partial charge on any atom is 0.225 e. The molecule has 0 aromatic carbocycles. The Balaban J connectivity index is 1.67. The van der Waals surface area contributed by atoms with E-state index in [2.05, 4.69) is 14.9 Å². The Morgan fingerprint density at radius 3 is 2.61 bits per heavy atom. The smallest absolute Gasteiger partial charge is 0.225 e. The first-order valence-corrected chi connectivity index (χ1v) is 8.00. The number of ether oxygens (including phenoxy) is 1. The topological polar surface area (TPSA) is 95.8 Å². The van der Waals surface area contributed by atoms with Crippen molar-refractivity contribution >= 4 is 11.7 Å². The SMILES string of the molecule is CC(=O)c1cnc(N2CCC3(CC2)C[C@@H](O)[C@@H](O)CO3)nc1C. The van der Waals surface area contributed by atoms with Crippen molar-refractivity contribution < 1.29 is 19.7 Å². The highest BCUT2D eigenvalue weighted by molar-refractivity contribution is 5.94. The summed E-state index contributed by atoms with van der Waals surface area (Å²) in [5.41, 5.74) is 0.883. The molecule has 0 radical (unpaired) electrons. The first kappa shape index (κ1) is 16.3. The average Bonchev–Trinajstić information content (AvgIpc) is 2.52. The van der Waals surface area contributed by atoms with Gasteiger partial charge in [0.2, 0.25) is 5.95 Å². The van der Waals surface area contributed by atoms with Crippen molar-refractivity contribution in [2.45, 2.75) is 50.9 Å². The molecule has 3 heterocycles. The second-order valence-electron chi connectivity index (χ2n) is 6.55. The van der Waals surface area contributed by atoms with Gasteiger partial charge in [0.25, 0.3) is 0 Å². The maximum absolute atomic E-state index is 11.5. The molecule has 2 N–H and O–H groups in total. The van der Waals surface area contributed by atoms with Crippen LogP contribution in [0.2, 0.25) is 0 Å². The summed E-state index contributed by atoms with van der Waals surface area (Å²) in [6, 6.07) is 0. The van der Waals surface area contributed by atoms with Gasteiger partial charge in [0.1, 0.15) is 6.10 Å². The maximum atomic E-state index is 11.5. The number of aliphatic hydroxyl groups is 2. The second-order valence-corrected chi connectivity index (χ2v) is 6.55. The summed E-state index contributed by atoms with van der Waals surface area (Å²) in [7, 11) is 0. The fraction of sp³-hybridized carbons (Fsp3) is 0.688. The van der Waals surface area contributed by atoms with Crippen LogP contribution >= 0.6 is 0 Å². The predicted molar refractivity (Wildman–Crippen MR) is 83.5 cm³/mol. The van der Waals surface area contributed by atoms with E-state index in [1.54, 1.807) is 6.20 Å². The number of aliphatic hydroxyl groups excluding tert-OH is 2. The Bertz CT molecular complexity index is 599. The lowest BCUT2D eigenvalue weighted by Gasteiger charge is -2.46. The number of Topliss-reactive ketones (excluding diaryl/α,β-unsaturated/α-hetero) is 1. The van der Waals surface area contributed by atoms with Crippen molar-refractivity contribution in [2.24, 2.45) is 0 Å². The van der Waals surface area contributed by atoms with Gasteiger partial charge in [0.05, 0.1) is 29.6 Å². The number of nitrogens with zero attached hydrogens (tertiary/aromatic N) is 3. The molecule has 0 saturated carbocycles. The van der Waals surface area contributed by atoms with Gasteiger partial charge in [-0.1, -0.05) is 0 Å². The van der Waals surface area contributed by atoms with E-state index >= 15 is 0 Å². The third-order valence-electron chi connectivity index (χ3n) is 4.89. The highest BCUT2D eigenvalue weighted by atomic mass is 16.5. The third kappa shape index (κ3) is 3.22. The molecule has 126 valence electrons. The van der Waals surface area contributed by atoms with E-state index in [4.69, 9.17) is 4.74 Å². The summed E-state index contributed by atoms with van der Waals surface area (Å²) < 4.78 is 5.83. The number of carbonyl (C=O) groups excluding carboxylic acids is 1. The first-order valence-electron chi connectivity index (χ1n) is 8.00. The van der Waals surface area contributed by atoms with Gasteiger partial charge in [-0.25, -0.2) is 9.97 Å². The van der Waals surface area contributed by atoms with Crippen LogP contribution in [-0.2, 0) is 4.74 Å². The lowest BCUT2D eigenvalue weighted by Crippen LogP contribution is -2.54. The van der Waals surface area contributed by atoms with Gasteiger partial charge in [0.15, 0.2) is 5.78 Å². The van der Waals surface area contributed by atoms with Crippen LogP contribution in [0.25, 0.3) is 0 Å². The number of hydrogen-bond donors (Lipinski definition) is 2. The summed E-state index contributed by atoms with van der Waals surface area (Å²) in [5.74, 6) is 0.591. The van der Waals surface area contributed by atoms with Crippen molar-refractivity contribution in [2.75, 3.05) is 24.6 Å². The molecule has 0 aliphatic carbocycles. The minimum Gasteiger partial charge on any atom is -0.390 e. The molecule has 1 aromatic rings. The van der Waals surface area contributed by atoms with E-state index in [0.717, 1.165) is 25.9 Å². The van der Waals surface area contributed by atoms with Crippen molar-refractivity contribution in [3.63, 3.8) is 0 Å². The average molecular weight is 321 g/mol. The van der Waals surface area contributed by atoms with Crippen LogP contribution in [0, 0.1) is 6.92 Å². The Labute approximate surface area is 135 Å². The van der Waals surface area contributed by atoms with E-state index in [1.165, 1.54) is 6.92 Å². The zero-order valence-corrected chi connectivity index (χ0v) is 13.5. The first-order chi connectivity index (χ1) is 10.9. The summed E-state index contributed by atoms with van der Waals surface area (Å²) in [4.78, 5) is 22.3. The molecule has 1 spiro atoms. The lowest BCUT2D eigenvalue weighted by molar-refractivity contribution is -0.178. The van der Waals surface area contributed by atoms with Crippen LogP contribution in [0.3, 0.4) is 0 Å². The Kier molecular flexibility index (Phi) is 4.35. The Hall–Kier alpha value is -1.57. The molecule has 0 unspecified atom stereocenters. The van der Waals surface area contributed by atoms with Crippen LogP contribution in [-0.4, -0.2) is 63.5 Å². The summed E-state index contributed by atoms with van der Waals surface area (Å²) in [5, 5.41) is 19.5. The summed E-state index contributed by atoms with van der Waals surface area (Å²) in [6.45, 7) is 4.96. The zero-order chi connectivity index (χ0) is 16.6. The van der Waals surface area contributed by atoms with Gasteiger partial charge in [-0.2, -0.15) is 0 Å². The highest BCUT2D eigenvalue weighted by Gasteiger charge is 2.43. The number of ketones is 1. The van der Waals surface area contributed by atoms with Gasteiger partial charge in [-0.3, -0.25) is 4.79 Å². The molecule has 2 atom stereocenters. The molecule has 7 nitrogen and oxygen atoms in total. The molecular formula is C16H23N3O4. The van der Waals surface area contributed by atoms with Gasteiger partial charge in [-0.15, -0.1) is 0 Å². The molecule has 1 aromatic heterocycles. The fourth-order valence-corrected chi connectivity index (χ4v) is 3.36. The highest BCUT2D eigenvalue weighted by Crippen LogP contribution is 2.35. The molecule has 3 rings (SSSR count). The summed E-state index contributed by atoms with van der Waals surface area (Å²) >= 11 is 0. The quantitative estimate of drug-likeness (QED) is 0.764. The van der Waals surface area contributed by atoms with Crippen molar-refractivity contribution in [1.29, 1.82) is 0 Å². The molecule has 2 aliphatic heterocycles. The van der Waals surface area contributed by atoms with Gasteiger partial charge < -0.3 is 19.8 Å². The third-order valence-corrected chi connectivity index (χ3v) is 4.89. The molecular weight excluding hydrogens is 298 g/mol. The number of piperidine rings is 1. The number of aromatic nitrogens is 2. The monoisotopic (exact) mass is 321 g/mol. The van der Waals surface area contributed by atoms with Crippen molar-refractivity contribution in [3.05, 3.63) is 17.5 Å². The van der Waals surface area contributed by atoms with Crippen LogP contribution in [0.1, 0.15) is 42.2 Å². The van der Waals surface area contributed by atoms with Crippen LogP contribution in [0.5, 0.6) is 0 Å². The van der Waals surface area contributed by atoms with Gasteiger partial charge in [0, 0.05) is 25.7 Å². The van der Waals surface area contributed by atoms with E-state index < -0.39 is 12.2 Å². The Morgan fingerprint density at radius 2 is 2.04 bits per heavy atom. The number of aryl methyl sites for hydroxylation is 1. The standard InChI is InChI=1S/C16H23N3O4/c1-10-12(11(2)20)8-17-15(18-10)19-5-3-16(4-6-19)7-13(21)14(22)9-23-16/h8,13-14,21-22H,3-7,9H2,1-2H3/t13-,14+/m1/s1. The zero-order valence-electron chi connectivity index (χ0n) is 13.5. The number of anilines is 1. The van der Waals surface area contributed by atoms with Crippen LogP contribution < -0.4 is 4.90 Å². The van der Waals surface area contributed by atoms with Crippen molar-refractivity contribution in [3.8, 4) is 0 Å². The largest absolute Gasteiger partial charge is 0.390 e. The molecule has 0 amide bonds. The number of hydrogen-bond acceptors (Lipinski definition) is 7. The van der Waals surface area contributed by atoms with Crippen LogP contribution in [0.4, 0.5) is 5.95 Å². The minimum atomic E-state index is -0.788. The van der Waals surface area contributed by atoms with Gasteiger partial charge in [-0.05, 0) is 26.7 Å². The normalized spacial score (nSPS) is 27.2. The molecule has 0 bridgehead atoms. The second kappa shape index (κ2) is 6.14. The van der Waals surface area contributed by atoms with E-state index in [1.807, 2.05) is 6.92 Å². The fourth-order valence-electron chi connectivity index (χ4n) is 3.36. The number of rotatable bonds is 2. The van der Waals surface area contributed by atoms with Crippen molar-refractivity contribution in [1.82, 2.24) is 9.97 Å². The summed E-state index contributed by atoms with van der Waals surface area (Å²) in [6.07, 6.45) is 2.06. The van der Waals surface area contributed by atoms with E-state index in [-0.39, 0.29) is 18.0 Å². The molecule has 7 heteroatoms. The number of carbonyl (C=O) groups is 1. The predicted octanol–water partition coefficient (Wildman–Crippen LogP) is 0.469. The van der Waals surface area contributed by atoms with E-state index in [9.17, 15) is 15.0 Å². The molecule has 2 aliphatic rings. The molecule has 2 fully saturated rings. The van der Waals surface area contributed by atoms with Crippen LogP contribution in [0.15, 0.2) is 6.20 Å². The van der Waals surface area contributed by atoms with Gasteiger partial charge >= 0.3 is 0 Å². The molecule has 2 saturated heterocycles. The lowest BCUT2D eigenvalue weighted by atomic mass is 9.82. The molecule has 23 heavy (non-hydrogen) atoms. The Morgan fingerprint density at radius 1 is 1.35 bits per heavy atom. The van der Waals surface area contributed by atoms with E-state index in [0.29, 0.717) is 23.6 Å².